The zero-order valence-electron chi connectivity index (χ0n) is 16.1. The number of nitrogens with zero attached hydrogens (tertiary/aromatic N) is 1. The van der Waals surface area contributed by atoms with Crippen molar-refractivity contribution in [2.45, 2.75) is 12.3 Å². The van der Waals surface area contributed by atoms with Crippen LogP contribution in [0.25, 0.3) is 0 Å². The summed E-state index contributed by atoms with van der Waals surface area (Å²) in [5.41, 5.74) is 3.53. The van der Waals surface area contributed by atoms with Crippen LogP contribution >= 0.6 is 11.6 Å². The molecule has 0 aromatic heterocycles. The maximum atomic E-state index is 6.74. The molecule has 1 aliphatic rings. The Labute approximate surface area is 166 Å². The lowest BCUT2D eigenvalue weighted by molar-refractivity contribution is 0.306. The summed E-state index contributed by atoms with van der Waals surface area (Å²) in [5.74, 6) is 2.28. The highest BCUT2D eigenvalue weighted by atomic mass is 35.5. The van der Waals surface area contributed by atoms with E-state index in [1.165, 1.54) is 11.1 Å². The quantitative estimate of drug-likeness (QED) is 0.681. The van der Waals surface area contributed by atoms with Crippen LogP contribution in [0.5, 0.6) is 17.2 Å². The van der Waals surface area contributed by atoms with Gasteiger partial charge in [0.25, 0.3) is 0 Å². The van der Waals surface area contributed by atoms with Crippen LogP contribution in [0.1, 0.15) is 22.6 Å². The van der Waals surface area contributed by atoms with Crippen LogP contribution in [-0.2, 0) is 6.42 Å². The van der Waals surface area contributed by atoms with Crippen molar-refractivity contribution in [2.75, 3.05) is 41.0 Å². The molecule has 0 N–H and O–H groups in total. The summed E-state index contributed by atoms with van der Waals surface area (Å²) < 4.78 is 16.4. The van der Waals surface area contributed by atoms with Gasteiger partial charge in [-0.25, -0.2) is 0 Å². The normalized spacial score (nSPS) is 17.0. The molecule has 1 unspecified atom stereocenters. The fraction of sp³-hybridized carbons (Fsp3) is 0.364. The number of halogens is 1. The van der Waals surface area contributed by atoms with Crippen LogP contribution in [0.2, 0.25) is 5.02 Å². The molecule has 4 nitrogen and oxygen atoms in total. The van der Waals surface area contributed by atoms with E-state index >= 15 is 0 Å². The zero-order valence-corrected chi connectivity index (χ0v) is 16.9. The smallest absolute Gasteiger partial charge is 0.179 e. The maximum absolute atomic E-state index is 6.74. The van der Waals surface area contributed by atoms with Gasteiger partial charge >= 0.3 is 0 Å². The molecular formula is C22H26ClNO3. The van der Waals surface area contributed by atoms with Crippen molar-refractivity contribution in [3.8, 4) is 17.2 Å². The van der Waals surface area contributed by atoms with Gasteiger partial charge in [-0.1, -0.05) is 29.8 Å². The van der Waals surface area contributed by atoms with Crippen molar-refractivity contribution in [3.63, 3.8) is 0 Å². The molecule has 27 heavy (non-hydrogen) atoms. The minimum absolute atomic E-state index is 0.172. The number of hydrogen-bond acceptors (Lipinski definition) is 4. The third kappa shape index (κ3) is 3.92. The van der Waals surface area contributed by atoms with E-state index in [1.807, 2.05) is 18.2 Å². The molecule has 5 heteroatoms. The summed E-state index contributed by atoms with van der Waals surface area (Å²) in [6.45, 7) is 6.55. The summed E-state index contributed by atoms with van der Waals surface area (Å²) in [4.78, 5) is 2.40. The fourth-order valence-electron chi connectivity index (χ4n) is 3.76. The summed E-state index contributed by atoms with van der Waals surface area (Å²) in [6, 6.07) is 10.3. The topological polar surface area (TPSA) is 30.9 Å². The number of benzene rings is 2. The van der Waals surface area contributed by atoms with E-state index in [0.29, 0.717) is 16.5 Å². The molecule has 3 rings (SSSR count). The monoisotopic (exact) mass is 387 g/mol. The molecule has 0 aliphatic carbocycles. The average Bonchev–Trinajstić information content (AvgIpc) is 2.88. The lowest BCUT2D eigenvalue weighted by Gasteiger charge is -2.25. The van der Waals surface area contributed by atoms with Gasteiger partial charge < -0.3 is 14.2 Å². The molecule has 0 bridgehead atoms. The standard InChI is InChI=1S/C22H26ClNO3/c1-5-11-24-12-10-17-18(13-20(26-3)22(27-4)21(17)23)19(14-24)15-6-8-16(25-2)9-7-15/h5-9,13,19H,1,10-12,14H2,2-4H3. The van der Waals surface area contributed by atoms with Gasteiger partial charge in [-0.3, -0.25) is 4.90 Å². The summed E-state index contributed by atoms with van der Waals surface area (Å²) in [7, 11) is 4.94. The highest BCUT2D eigenvalue weighted by Gasteiger charge is 2.29. The predicted molar refractivity (Wildman–Crippen MR) is 110 cm³/mol. The molecular weight excluding hydrogens is 362 g/mol. The fourth-order valence-corrected chi connectivity index (χ4v) is 4.13. The van der Waals surface area contributed by atoms with Crippen molar-refractivity contribution >= 4 is 11.6 Å². The third-order valence-electron chi connectivity index (χ3n) is 5.15. The first-order valence-electron chi connectivity index (χ1n) is 9.03. The number of hydrogen-bond donors (Lipinski definition) is 0. The molecule has 0 radical (unpaired) electrons. The van der Waals surface area contributed by atoms with E-state index in [4.69, 9.17) is 25.8 Å². The summed E-state index contributed by atoms with van der Waals surface area (Å²) in [6.07, 6.45) is 2.80. The average molecular weight is 388 g/mol. The second-order valence-electron chi connectivity index (χ2n) is 6.62. The lowest BCUT2D eigenvalue weighted by atomic mass is 9.87. The SMILES string of the molecule is C=CCN1CCc2c(cc(OC)c(OC)c2Cl)C(c2ccc(OC)cc2)C1. The minimum Gasteiger partial charge on any atom is -0.497 e. The van der Waals surface area contributed by atoms with Crippen LogP contribution in [-0.4, -0.2) is 45.9 Å². The van der Waals surface area contributed by atoms with E-state index in [1.54, 1.807) is 21.3 Å². The van der Waals surface area contributed by atoms with Gasteiger partial charge in [-0.05, 0) is 41.3 Å². The van der Waals surface area contributed by atoms with E-state index < -0.39 is 0 Å². The Morgan fingerprint density at radius 2 is 1.89 bits per heavy atom. The van der Waals surface area contributed by atoms with Gasteiger partial charge in [0, 0.05) is 25.6 Å². The molecule has 0 spiro atoms. The molecule has 0 amide bonds. The first kappa shape index (κ1) is 19.6. The van der Waals surface area contributed by atoms with Crippen LogP contribution in [0.3, 0.4) is 0 Å². The molecule has 2 aromatic carbocycles. The molecule has 0 saturated heterocycles. The highest BCUT2D eigenvalue weighted by molar-refractivity contribution is 6.33. The van der Waals surface area contributed by atoms with Crippen molar-refractivity contribution in [3.05, 3.63) is 64.7 Å². The number of ether oxygens (including phenoxy) is 3. The van der Waals surface area contributed by atoms with Gasteiger partial charge in [0.1, 0.15) is 5.75 Å². The second-order valence-corrected chi connectivity index (χ2v) is 7.00. The molecule has 2 aromatic rings. The molecule has 1 atom stereocenters. The lowest BCUT2D eigenvalue weighted by Crippen LogP contribution is -2.28. The van der Waals surface area contributed by atoms with Crippen LogP contribution < -0.4 is 14.2 Å². The summed E-state index contributed by atoms with van der Waals surface area (Å²) in [5, 5.41) is 0.644. The van der Waals surface area contributed by atoms with Gasteiger partial charge in [0.2, 0.25) is 0 Å². The Kier molecular flexibility index (Phi) is 6.30. The first-order valence-corrected chi connectivity index (χ1v) is 9.41. The zero-order chi connectivity index (χ0) is 19.4. The molecule has 1 aliphatic heterocycles. The number of rotatable bonds is 6. The van der Waals surface area contributed by atoms with E-state index in [2.05, 4.69) is 29.7 Å². The Hall–Kier alpha value is -2.17. The number of fused-ring (bicyclic) bond motifs is 1. The Bertz CT molecular complexity index is 804. The van der Waals surface area contributed by atoms with Gasteiger partial charge in [-0.2, -0.15) is 0 Å². The Morgan fingerprint density at radius 3 is 2.48 bits per heavy atom. The maximum Gasteiger partial charge on any atom is 0.179 e. The van der Waals surface area contributed by atoms with Gasteiger partial charge in [0.15, 0.2) is 11.5 Å². The minimum atomic E-state index is 0.172. The Balaban J connectivity index is 2.14. The summed E-state index contributed by atoms with van der Waals surface area (Å²) >= 11 is 6.74. The van der Waals surface area contributed by atoms with Gasteiger partial charge in [-0.15, -0.1) is 6.58 Å². The van der Waals surface area contributed by atoms with Crippen LogP contribution in [0.15, 0.2) is 43.0 Å². The number of methoxy groups -OCH3 is 3. The predicted octanol–water partition coefficient (Wildman–Crippen LogP) is 4.54. The van der Waals surface area contributed by atoms with E-state index in [9.17, 15) is 0 Å². The molecule has 0 saturated carbocycles. The molecule has 144 valence electrons. The van der Waals surface area contributed by atoms with Crippen molar-refractivity contribution in [1.29, 1.82) is 0 Å². The highest BCUT2D eigenvalue weighted by Crippen LogP contribution is 2.44. The first-order chi connectivity index (χ1) is 13.1. The Morgan fingerprint density at radius 1 is 1.15 bits per heavy atom. The molecule has 1 heterocycles. The largest absolute Gasteiger partial charge is 0.497 e. The van der Waals surface area contributed by atoms with Gasteiger partial charge in [0.05, 0.1) is 26.4 Å². The van der Waals surface area contributed by atoms with E-state index in [-0.39, 0.29) is 5.92 Å². The van der Waals surface area contributed by atoms with Crippen molar-refractivity contribution in [2.24, 2.45) is 0 Å². The van der Waals surface area contributed by atoms with Crippen LogP contribution in [0.4, 0.5) is 0 Å². The van der Waals surface area contributed by atoms with Crippen molar-refractivity contribution in [1.82, 2.24) is 4.90 Å². The van der Waals surface area contributed by atoms with Crippen molar-refractivity contribution < 1.29 is 14.2 Å². The van der Waals surface area contributed by atoms with E-state index in [0.717, 1.165) is 37.4 Å². The second kappa shape index (κ2) is 8.68. The molecule has 0 fully saturated rings. The van der Waals surface area contributed by atoms with Crippen LogP contribution in [0, 0.1) is 0 Å². The third-order valence-corrected chi connectivity index (χ3v) is 5.55.